The van der Waals surface area contributed by atoms with Crippen molar-refractivity contribution >= 4 is 54.3 Å². The lowest BCUT2D eigenvalue weighted by Crippen LogP contribution is -2.17. The molecule has 3 rings (SSSR count). The van der Waals surface area contributed by atoms with Crippen LogP contribution in [0.5, 0.6) is 0 Å². The van der Waals surface area contributed by atoms with E-state index in [-0.39, 0.29) is 4.21 Å². The van der Waals surface area contributed by atoms with Gasteiger partial charge in [-0.25, -0.2) is 8.42 Å². The number of aromatic nitrogens is 1. The number of sulfone groups is 1. The van der Waals surface area contributed by atoms with Crippen LogP contribution in [0.15, 0.2) is 38.9 Å². The van der Waals surface area contributed by atoms with E-state index in [9.17, 15) is 8.42 Å². The van der Waals surface area contributed by atoms with Crippen LogP contribution >= 0.6 is 34.3 Å². The summed E-state index contributed by atoms with van der Waals surface area (Å²) >= 11 is 8.54. The highest BCUT2D eigenvalue weighted by molar-refractivity contribution is 7.93. The van der Waals surface area contributed by atoms with Gasteiger partial charge in [-0.2, -0.15) is 0 Å². The fraction of sp³-hybridized carbons (Fsp3) is 0.286. The molecule has 0 aliphatic carbocycles. The third-order valence-electron chi connectivity index (χ3n) is 3.34. The van der Waals surface area contributed by atoms with Gasteiger partial charge in [-0.1, -0.05) is 11.6 Å². The molecule has 22 heavy (non-hydrogen) atoms. The summed E-state index contributed by atoms with van der Waals surface area (Å²) in [7, 11) is 0.475. The molecule has 0 saturated heterocycles. The quantitative estimate of drug-likeness (QED) is 0.681. The Hall–Kier alpha value is -0.860. The van der Waals surface area contributed by atoms with Crippen molar-refractivity contribution in [3.8, 4) is 0 Å². The van der Waals surface area contributed by atoms with E-state index >= 15 is 0 Å². The molecule has 0 aliphatic heterocycles. The summed E-state index contributed by atoms with van der Waals surface area (Å²) in [6, 6.07) is 5.05. The van der Waals surface area contributed by atoms with Crippen molar-refractivity contribution in [1.29, 1.82) is 0 Å². The number of halogens is 1. The van der Waals surface area contributed by atoms with E-state index in [0.29, 0.717) is 9.23 Å². The highest BCUT2D eigenvalue weighted by Crippen LogP contribution is 2.36. The zero-order chi connectivity index (χ0) is 15.9. The minimum atomic E-state index is -3.53. The van der Waals surface area contributed by atoms with Gasteiger partial charge in [0.1, 0.15) is 9.04 Å². The number of nitrogens with zero attached hydrogens (tertiary/aromatic N) is 2. The molecule has 0 aliphatic rings. The first-order valence-electron chi connectivity index (χ1n) is 6.61. The van der Waals surface area contributed by atoms with Gasteiger partial charge in [-0.05, 0) is 37.7 Å². The number of likely N-dealkylation sites (N-methyl/N-ethyl adjacent to an activating group) is 1. The molecule has 0 fully saturated rings. The van der Waals surface area contributed by atoms with Gasteiger partial charge in [0.25, 0.3) is 0 Å². The molecule has 3 heterocycles. The summed E-state index contributed by atoms with van der Waals surface area (Å²) < 4.78 is 28.5. The van der Waals surface area contributed by atoms with Crippen LogP contribution in [0.2, 0.25) is 4.34 Å². The first kappa shape index (κ1) is 16.0. The predicted molar refractivity (Wildman–Crippen MR) is 93.1 cm³/mol. The van der Waals surface area contributed by atoms with Gasteiger partial charge < -0.3 is 9.47 Å². The fourth-order valence-corrected chi connectivity index (χ4v) is 6.28. The number of hydrogen-bond acceptors (Lipinski definition) is 5. The maximum Gasteiger partial charge on any atom is 0.218 e. The van der Waals surface area contributed by atoms with Crippen LogP contribution in [0.25, 0.3) is 10.2 Å². The minimum Gasteiger partial charge on any atom is -0.337 e. The van der Waals surface area contributed by atoms with Gasteiger partial charge in [0.2, 0.25) is 9.84 Å². The van der Waals surface area contributed by atoms with Gasteiger partial charge in [0, 0.05) is 24.7 Å². The molecular formula is C14H15ClN2O2S3. The summed E-state index contributed by atoms with van der Waals surface area (Å²) in [5.74, 6) is 0. The summed E-state index contributed by atoms with van der Waals surface area (Å²) in [5, 5.41) is 2.71. The molecule has 0 saturated carbocycles. The number of rotatable bonds is 5. The fourth-order valence-electron chi connectivity index (χ4n) is 2.22. The first-order chi connectivity index (χ1) is 10.4. The maximum atomic E-state index is 12.8. The average Bonchev–Trinajstić information content (AvgIpc) is 3.11. The topological polar surface area (TPSA) is 42.3 Å². The van der Waals surface area contributed by atoms with Crippen LogP contribution in [-0.2, 0) is 16.4 Å². The van der Waals surface area contributed by atoms with Crippen molar-refractivity contribution in [3.63, 3.8) is 0 Å². The van der Waals surface area contributed by atoms with Gasteiger partial charge >= 0.3 is 0 Å². The van der Waals surface area contributed by atoms with Crippen molar-refractivity contribution in [2.45, 2.75) is 15.6 Å². The van der Waals surface area contributed by atoms with Crippen LogP contribution in [0.3, 0.4) is 0 Å². The zero-order valence-electron chi connectivity index (χ0n) is 12.1. The Morgan fingerprint density at radius 2 is 2.05 bits per heavy atom. The number of thiophene rings is 2. The second-order valence-electron chi connectivity index (χ2n) is 5.19. The van der Waals surface area contributed by atoms with Crippen molar-refractivity contribution in [2.75, 3.05) is 20.6 Å². The maximum absolute atomic E-state index is 12.8. The van der Waals surface area contributed by atoms with E-state index in [2.05, 4.69) is 4.90 Å². The molecule has 0 bridgehead atoms. The molecule has 0 spiro atoms. The van der Waals surface area contributed by atoms with Crippen LogP contribution in [0.1, 0.15) is 0 Å². The molecule has 3 aromatic heterocycles. The third kappa shape index (κ3) is 2.83. The van der Waals surface area contributed by atoms with Crippen molar-refractivity contribution in [1.82, 2.24) is 9.47 Å². The van der Waals surface area contributed by atoms with E-state index < -0.39 is 9.84 Å². The lowest BCUT2D eigenvalue weighted by molar-refractivity contribution is 0.387. The largest absolute Gasteiger partial charge is 0.337 e. The highest BCUT2D eigenvalue weighted by atomic mass is 35.5. The van der Waals surface area contributed by atoms with E-state index in [0.717, 1.165) is 34.6 Å². The van der Waals surface area contributed by atoms with Gasteiger partial charge in [0.05, 0.1) is 9.23 Å². The van der Waals surface area contributed by atoms with Crippen molar-refractivity contribution < 1.29 is 8.42 Å². The van der Waals surface area contributed by atoms with E-state index in [4.69, 9.17) is 11.6 Å². The van der Waals surface area contributed by atoms with Gasteiger partial charge in [-0.3, -0.25) is 0 Å². The third-order valence-corrected chi connectivity index (χ3v) is 7.79. The smallest absolute Gasteiger partial charge is 0.218 e. The molecular weight excluding hydrogens is 360 g/mol. The summed E-state index contributed by atoms with van der Waals surface area (Å²) in [6.07, 6.45) is 1.74. The Labute approximate surface area is 142 Å². The lowest BCUT2D eigenvalue weighted by atomic mass is 10.4. The second-order valence-corrected chi connectivity index (χ2v) is 9.95. The summed E-state index contributed by atoms with van der Waals surface area (Å²) in [5.41, 5.74) is 0. The molecule has 3 aromatic rings. The van der Waals surface area contributed by atoms with Gasteiger partial charge in [-0.15, -0.1) is 22.7 Å². The Morgan fingerprint density at radius 1 is 1.27 bits per heavy atom. The van der Waals surface area contributed by atoms with Crippen molar-refractivity contribution in [2.24, 2.45) is 0 Å². The molecule has 0 unspecified atom stereocenters. The molecule has 0 atom stereocenters. The van der Waals surface area contributed by atoms with Crippen molar-refractivity contribution in [3.05, 3.63) is 34.1 Å². The Morgan fingerprint density at radius 3 is 2.68 bits per heavy atom. The molecule has 0 aromatic carbocycles. The van der Waals surface area contributed by atoms with E-state index in [1.165, 1.54) is 0 Å². The predicted octanol–water partition coefficient (Wildman–Crippen LogP) is 3.81. The Balaban J connectivity index is 2.09. The number of fused-ring (bicyclic) bond motifs is 1. The molecule has 0 N–H and O–H groups in total. The lowest BCUT2D eigenvalue weighted by Gasteiger charge is -2.10. The zero-order valence-corrected chi connectivity index (χ0v) is 15.3. The normalized spacial score (nSPS) is 12.5. The van der Waals surface area contributed by atoms with Crippen LogP contribution in [-0.4, -0.2) is 38.5 Å². The second kappa shape index (κ2) is 5.98. The number of hydrogen-bond donors (Lipinski definition) is 0. The Kier molecular flexibility index (Phi) is 4.35. The van der Waals surface area contributed by atoms with Crippen LogP contribution in [0, 0.1) is 0 Å². The Bertz CT molecular complexity index is 906. The molecule has 0 amide bonds. The molecule has 8 heteroatoms. The highest BCUT2D eigenvalue weighted by Gasteiger charge is 2.25. The average molecular weight is 375 g/mol. The molecule has 0 radical (unpaired) electrons. The van der Waals surface area contributed by atoms with Gasteiger partial charge in [0.15, 0.2) is 0 Å². The first-order valence-corrected chi connectivity index (χ1v) is 10.2. The summed E-state index contributed by atoms with van der Waals surface area (Å²) in [6.45, 7) is 1.61. The molecule has 4 nitrogen and oxygen atoms in total. The van der Waals surface area contributed by atoms with Crippen LogP contribution in [0.4, 0.5) is 0 Å². The molecule has 118 valence electrons. The summed E-state index contributed by atoms with van der Waals surface area (Å²) in [4.78, 5) is 3.43. The van der Waals surface area contributed by atoms with Crippen LogP contribution < -0.4 is 0 Å². The minimum absolute atomic E-state index is 0.287. The van der Waals surface area contributed by atoms with E-state index in [1.54, 1.807) is 29.7 Å². The monoisotopic (exact) mass is 374 g/mol. The van der Waals surface area contributed by atoms with E-state index in [1.807, 2.05) is 30.1 Å². The standard InChI is InChI=1S/C14H15ClN2O2S3/c1-16(2)6-7-17-9-11(10-5-8-20-14(10)17)22(18,19)13-4-3-12(15)21-13/h3-5,8-9H,6-7H2,1-2H3. The SMILES string of the molecule is CN(C)CCn1cc(S(=O)(=O)c2ccc(Cl)s2)c2ccsc21.